The summed E-state index contributed by atoms with van der Waals surface area (Å²) in [6, 6.07) is 10.5. The van der Waals surface area contributed by atoms with E-state index in [1.807, 2.05) is 13.0 Å². The molecule has 1 amide bonds. The minimum atomic E-state index is -0.653. The number of carbonyl (C=O) groups excluding carboxylic acids is 3. The average molecular weight is 530 g/mol. The van der Waals surface area contributed by atoms with Crippen molar-refractivity contribution in [2.45, 2.75) is 49.8 Å². The number of amides is 1. The van der Waals surface area contributed by atoms with Gasteiger partial charge in [0.1, 0.15) is 24.5 Å². The number of methoxy groups -OCH3 is 1. The minimum absolute atomic E-state index is 0.0338. The van der Waals surface area contributed by atoms with E-state index in [-0.39, 0.29) is 23.3 Å². The number of nitrogens with zero attached hydrogens (tertiary/aromatic N) is 2. The largest absolute Gasteiger partial charge is 0.507 e. The highest BCUT2D eigenvalue weighted by Crippen LogP contribution is 2.34. The number of hydrogen-bond acceptors (Lipinski definition) is 10. The van der Waals surface area contributed by atoms with Crippen molar-refractivity contribution in [3.05, 3.63) is 58.7 Å². The van der Waals surface area contributed by atoms with Gasteiger partial charge in [-0.15, -0.1) is 10.2 Å². The molecule has 11 heteroatoms. The van der Waals surface area contributed by atoms with Crippen molar-refractivity contribution >= 4 is 45.9 Å². The van der Waals surface area contributed by atoms with Crippen LogP contribution in [0.1, 0.15) is 53.7 Å². The van der Waals surface area contributed by atoms with E-state index in [1.54, 1.807) is 37.4 Å². The molecule has 0 aliphatic heterocycles. The molecule has 0 spiro atoms. The van der Waals surface area contributed by atoms with Gasteiger partial charge in [-0.1, -0.05) is 54.6 Å². The molecule has 1 aromatic heterocycles. The number of carbonyl (C=O) groups is 3. The van der Waals surface area contributed by atoms with Crippen LogP contribution in [0.25, 0.3) is 0 Å². The van der Waals surface area contributed by atoms with Crippen LogP contribution >= 0.6 is 23.1 Å². The summed E-state index contributed by atoms with van der Waals surface area (Å²) in [5, 5.41) is 21.4. The monoisotopic (exact) mass is 529 g/mol. The number of phenolic OH excluding ortho intramolecular Hbond substituents is 1. The lowest BCUT2D eigenvalue weighted by atomic mass is 9.98. The number of aromatic nitrogens is 2. The molecule has 0 radical (unpaired) electrons. The molecule has 0 bridgehead atoms. The lowest BCUT2D eigenvalue weighted by Crippen LogP contribution is -2.18. The fraction of sp³-hybridized carbons (Fsp3) is 0.320. The van der Waals surface area contributed by atoms with Gasteiger partial charge in [0.25, 0.3) is 0 Å². The quantitative estimate of drug-likeness (QED) is 0.112. The molecular formula is C25H27N3O6S2. The summed E-state index contributed by atoms with van der Waals surface area (Å²) >= 11 is 2.58. The van der Waals surface area contributed by atoms with Crippen LogP contribution < -0.4 is 10.1 Å². The Bertz CT molecular complexity index is 1230. The fourth-order valence-electron chi connectivity index (χ4n) is 3.32. The molecule has 2 N–H and O–H groups in total. The third kappa shape index (κ3) is 7.53. The van der Waals surface area contributed by atoms with Crippen molar-refractivity contribution in [3.63, 3.8) is 0 Å². The van der Waals surface area contributed by atoms with E-state index in [9.17, 15) is 19.5 Å². The lowest BCUT2D eigenvalue weighted by molar-refractivity contribution is -0.146. The molecule has 36 heavy (non-hydrogen) atoms. The van der Waals surface area contributed by atoms with E-state index in [0.717, 1.165) is 23.1 Å². The number of thioether (sulfide) groups is 1. The highest BCUT2D eigenvalue weighted by molar-refractivity contribution is 8.00. The molecular weight excluding hydrogens is 502 g/mol. The number of aromatic hydroxyl groups is 1. The Hall–Kier alpha value is -3.44. The summed E-state index contributed by atoms with van der Waals surface area (Å²) in [7, 11) is 1.57. The van der Waals surface area contributed by atoms with Crippen LogP contribution in [0.3, 0.4) is 0 Å². The Kier molecular flexibility index (Phi) is 9.83. The Labute approximate surface area is 217 Å². The Morgan fingerprint density at radius 2 is 1.86 bits per heavy atom. The number of phenols is 1. The number of benzene rings is 2. The van der Waals surface area contributed by atoms with Crippen molar-refractivity contribution < 1.29 is 29.0 Å². The van der Waals surface area contributed by atoms with E-state index < -0.39 is 18.3 Å². The van der Waals surface area contributed by atoms with Crippen molar-refractivity contribution in [1.29, 1.82) is 0 Å². The van der Waals surface area contributed by atoms with Gasteiger partial charge in [0.05, 0.1) is 12.7 Å². The van der Waals surface area contributed by atoms with Gasteiger partial charge in [0, 0.05) is 5.75 Å². The summed E-state index contributed by atoms with van der Waals surface area (Å²) in [4.78, 5) is 35.9. The second-order valence-corrected chi connectivity index (χ2v) is 10.0. The number of nitrogens with one attached hydrogen (secondary N) is 1. The molecule has 0 aliphatic rings. The van der Waals surface area contributed by atoms with Gasteiger partial charge in [0.15, 0.2) is 10.1 Å². The highest BCUT2D eigenvalue weighted by atomic mass is 32.2. The minimum Gasteiger partial charge on any atom is -0.507 e. The zero-order chi connectivity index (χ0) is 26.1. The van der Waals surface area contributed by atoms with E-state index in [4.69, 9.17) is 9.47 Å². The second kappa shape index (κ2) is 13.0. The molecule has 3 rings (SSSR count). The van der Waals surface area contributed by atoms with Gasteiger partial charge >= 0.3 is 5.97 Å². The van der Waals surface area contributed by atoms with Crippen molar-refractivity contribution in [2.75, 3.05) is 12.4 Å². The van der Waals surface area contributed by atoms with Crippen LogP contribution in [-0.2, 0) is 33.1 Å². The maximum absolute atomic E-state index is 12.2. The van der Waals surface area contributed by atoms with E-state index in [2.05, 4.69) is 15.5 Å². The van der Waals surface area contributed by atoms with Crippen LogP contribution in [0, 0.1) is 0 Å². The SMILES string of the molecule is CCCc1c(CSc2nnc(NC(=O)CC(=O)OCc3ccc(OC)cc3)s2)ccc(C(C)=O)c1O. The van der Waals surface area contributed by atoms with Crippen molar-refractivity contribution in [1.82, 2.24) is 10.2 Å². The van der Waals surface area contributed by atoms with Gasteiger partial charge in [-0.25, -0.2) is 0 Å². The topological polar surface area (TPSA) is 128 Å². The summed E-state index contributed by atoms with van der Waals surface area (Å²) in [6.07, 6.45) is 1.03. The Morgan fingerprint density at radius 3 is 2.53 bits per heavy atom. The van der Waals surface area contributed by atoms with E-state index >= 15 is 0 Å². The number of Topliss-reactive ketones (excluding diaryl/α,β-unsaturated/α-hetero) is 1. The standard InChI is InChI=1S/C25H27N3O6S2/c1-4-5-20-17(8-11-19(15(2)29)23(20)32)14-35-25-28-27-24(36-25)26-21(30)12-22(31)34-13-16-6-9-18(33-3)10-7-16/h6-11,32H,4-5,12-14H2,1-3H3,(H,26,27,30). The normalized spacial score (nSPS) is 10.6. The van der Waals surface area contributed by atoms with Crippen molar-refractivity contribution in [2.24, 2.45) is 0 Å². The van der Waals surface area contributed by atoms with Crippen LogP contribution in [0.5, 0.6) is 11.5 Å². The van der Waals surface area contributed by atoms with Gasteiger partial charge < -0.3 is 14.6 Å². The molecule has 0 unspecified atom stereocenters. The van der Waals surface area contributed by atoms with Crippen molar-refractivity contribution in [3.8, 4) is 11.5 Å². The number of anilines is 1. The third-order valence-corrected chi connectivity index (χ3v) is 7.15. The zero-order valence-corrected chi connectivity index (χ0v) is 21.8. The number of hydrogen-bond donors (Lipinski definition) is 2. The first-order valence-electron chi connectivity index (χ1n) is 11.2. The molecule has 2 aromatic carbocycles. The summed E-state index contributed by atoms with van der Waals surface area (Å²) < 4.78 is 10.8. The fourth-order valence-corrected chi connectivity index (χ4v) is 5.11. The maximum atomic E-state index is 12.2. The van der Waals surface area contributed by atoms with Gasteiger partial charge in [-0.05, 0) is 48.2 Å². The highest BCUT2D eigenvalue weighted by Gasteiger charge is 2.17. The first kappa shape index (κ1) is 27.2. The molecule has 0 atom stereocenters. The van der Waals surface area contributed by atoms with Crippen LogP contribution in [0.2, 0.25) is 0 Å². The molecule has 0 saturated heterocycles. The number of ketones is 1. The Balaban J connectivity index is 1.50. The number of esters is 1. The molecule has 9 nitrogen and oxygen atoms in total. The maximum Gasteiger partial charge on any atom is 0.315 e. The average Bonchev–Trinajstić information content (AvgIpc) is 3.30. The molecule has 1 heterocycles. The van der Waals surface area contributed by atoms with Crippen LogP contribution in [0.15, 0.2) is 40.7 Å². The van der Waals surface area contributed by atoms with Gasteiger partial charge in [0.2, 0.25) is 11.0 Å². The zero-order valence-electron chi connectivity index (χ0n) is 20.2. The van der Waals surface area contributed by atoms with Crippen LogP contribution in [-0.4, -0.2) is 40.1 Å². The number of rotatable bonds is 12. The predicted molar refractivity (Wildman–Crippen MR) is 138 cm³/mol. The Morgan fingerprint density at radius 1 is 1.11 bits per heavy atom. The first-order chi connectivity index (χ1) is 17.3. The summed E-state index contributed by atoms with van der Waals surface area (Å²) in [5.41, 5.74) is 2.76. The van der Waals surface area contributed by atoms with E-state index in [1.165, 1.54) is 30.0 Å². The van der Waals surface area contributed by atoms with Gasteiger partial charge in [-0.3, -0.25) is 19.7 Å². The molecule has 0 fully saturated rings. The molecule has 0 saturated carbocycles. The lowest BCUT2D eigenvalue weighted by Gasteiger charge is -2.12. The summed E-state index contributed by atoms with van der Waals surface area (Å²) in [6.45, 7) is 3.49. The molecule has 3 aromatic rings. The van der Waals surface area contributed by atoms with Gasteiger partial charge in [-0.2, -0.15) is 0 Å². The smallest absolute Gasteiger partial charge is 0.315 e. The summed E-state index contributed by atoms with van der Waals surface area (Å²) in [5.74, 6) is -0.132. The molecule has 0 aliphatic carbocycles. The second-order valence-electron chi connectivity index (χ2n) is 7.80. The number of ether oxygens (including phenoxy) is 2. The van der Waals surface area contributed by atoms with Crippen LogP contribution in [0.4, 0.5) is 5.13 Å². The molecule has 190 valence electrons. The predicted octanol–water partition coefficient (Wildman–Crippen LogP) is 4.77. The van der Waals surface area contributed by atoms with E-state index in [0.29, 0.717) is 27.8 Å². The first-order valence-corrected chi connectivity index (χ1v) is 13.0. The third-order valence-electron chi connectivity index (χ3n) is 5.13.